The van der Waals surface area contributed by atoms with Crippen LogP contribution in [0, 0.1) is 6.92 Å². The highest BCUT2D eigenvalue weighted by molar-refractivity contribution is 7.14. The molecule has 2 amide bonds. The molecule has 0 saturated heterocycles. The zero-order chi connectivity index (χ0) is 16.8. The van der Waals surface area contributed by atoms with Crippen molar-refractivity contribution in [1.29, 1.82) is 0 Å². The Kier molecular flexibility index (Phi) is 5.93. The first-order valence-electron chi connectivity index (χ1n) is 7.72. The lowest BCUT2D eigenvalue weighted by Gasteiger charge is -2.21. The van der Waals surface area contributed by atoms with E-state index < -0.39 is 5.91 Å². The summed E-state index contributed by atoms with van der Waals surface area (Å²) in [7, 11) is 0. The second-order valence-corrected chi connectivity index (χ2v) is 6.73. The summed E-state index contributed by atoms with van der Waals surface area (Å²) in [5, 5.41) is 0. The topological polar surface area (TPSA) is 63.4 Å². The van der Waals surface area contributed by atoms with Crippen LogP contribution in [0.4, 0.5) is 0 Å². The predicted molar refractivity (Wildman–Crippen MR) is 93.4 cm³/mol. The summed E-state index contributed by atoms with van der Waals surface area (Å²) >= 11 is 1.51. The fraction of sp³-hybridized carbons (Fsp3) is 0.333. The van der Waals surface area contributed by atoms with Crippen LogP contribution in [0.1, 0.15) is 39.0 Å². The number of hydrogen-bond acceptors (Lipinski definition) is 3. The molecule has 5 heteroatoms. The van der Waals surface area contributed by atoms with Crippen LogP contribution in [-0.2, 0) is 17.8 Å². The lowest BCUT2D eigenvalue weighted by atomic mass is 10.2. The molecule has 0 aliphatic rings. The van der Waals surface area contributed by atoms with Gasteiger partial charge in [-0.2, -0.15) is 0 Å². The maximum Gasteiger partial charge on any atom is 0.264 e. The van der Waals surface area contributed by atoms with Gasteiger partial charge in [-0.05, 0) is 30.5 Å². The van der Waals surface area contributed by atoms with E-state index in [4.69, 9.17) is 5.73 Å². The molecule has 23 heavy (non-hydrogen) atoms. The van der Waals surface area contributed by atoms with E-state index in [-0.39, 0.29) is 12.3 Å². The smallest absolute Gasteiger partial charge is 0.264 e. The van der Waals surface area contributed by atoms with Gasteiger partial charge in [-0.25, -0.2) is 0 Å². The van der Waals surface area contributed by atoms with Crippen molar-refractivity contribution in [1.82, 2.24) is 4.90 Å². The van der Waals surface area contributed by atoms with Crippen LogP contribution in [0.2, 0.25) is 0 Å². The molecule has 0 aliphatic carbocycles. The fourth-order valence-electron chi connectivity index (χ4n) is 2.43. The first kappa shape index (κ1) is 17.2. The standard InChI is InChI=1S/C18H22N2O2S/c1-3-15-11-16(23-13(15)2)18(22)20(10-9-17(19)21)12-14-7-5-4-6-8-14/h4-8,11H,3,9-10,12H2,1-2H3,(H2,19,21). The molecule has 0 aliphatic heterocycles. The van der Waals surface area contributed by atoms with E-state index in [1.165, 1.54) is 21.8 Å². The molecule has 0 fully saturated rings. The van der Waals surface area contributed by atoms with Gasteiger partial charge in [0.05, 0.1) is 4.88 Å². The van der Waals surface area contributed by atoms with Crippen molar-refractivity contribution >= 4 is 23.2 Å². The summed E-state index contributed by atoms with van der Waals surface area (Å²) in [5.41, 5.74) is 7.49. The molecule has 0 radical (unpaired) electrons. The maximum atomic E-state index is 12.8. The van der Waals surface area contributed by atoms with Crippen molar-refractivity contribution in [3.63, 3.8) is 0 Å². The van der Waals surface area contributed by atoms with Crippen LogP contribution >= 0.6 is 11.3 Å². The predicted octanol–water partition coefficient (Wildman–Crippen LogP) is 3.14. The Morgan fingerprint density at radius 2 is 1.91 bits per heavy atom. The number of aryl methyl sites for hydroxylation is 2. The molecule has 0 bridgehead atoms. The Balaban J connectivity index is 2.20. The van der Waals surface area contributed by atoms with Gasteiger partial charge in [-0.3, -0.25) is 9.59 Å². The quantitative estimate of drug-likeness (QED) is 0.847. The number of primary amides is 1. The van der Waals surface area contributed by atoms with Gasteiger partial charge in [0.1, 0.15) is 0 Å². The average molecular weight is 330 g/mol. The molecule has 0 atom stereocenters. The van der Waals surface area contributed by atoms with Gasteiger partial charge in [0.25, 0.3) is 5.91 Å². The Labute approximate surface area is 140 Å². The molecule has 4 nitrogen and oxygen atoms in total. The number of carbonyl (C=O) groups excluding carboxylic acids is 2. The minimum Gasteiger partial charge on any atom is -0.370 e. The van der Waals surface area contributed by atoms with E-state index in [9.17, 15) is 9.59 Å². The number of carbonyl (C=O) groups is 2. The molecule has 0 saturated carbocycles. The Bertz CT molecular complexity index is 680. The second-order valence-electron chi connectivity index (χ2n) is 5.47. The van der Waals surface area contributed by atoms with Gasteiger partial charge in [0.2, 0.25) is 5.91 Å². The van der Waals surface area contributed by atoms with E-state index in [2.05, 4.69) is 6.92 Å². The Morgan fingerprint density at radius 3 is 2.48 bits per heavy atom. The van der Waals surface area contributed by atoms with Crippen molar-refractivity contribution in [3.05, 3.63) is 57.3 Å². The largest absolute Gasteiger partial charge is 0.370 e. The van der Waals surface area contributed by atoms with Crippen molar-refractivity contribution in [2.24, 2.45) is 5.73 Å². The fourth-order valence-corrected chi connectivity index (χ4v) is 3.52. The van der Waals surface area contributed by atoms with Crippen LogP contribution in [0.15, 0.2) is 36.4 Å². The molecule has 2 rings (SSSR count). The molecule has 2 N–H and O–H groups in total. The molecule has 1 heterocycles. The molecular weight excluding hydrogens is 308 g/mol. The zero-order valence-electron chi connectivity index (χ0n) is 13.5. The van der Waals surface area contributed by atoms with Crippen LogP contribution < -0.4 is 5.73 Å². The third kappa shape index (κ3) is 4.66. The van der Waals surface area contributed by atoms with Crippen LogP contribution in [0.5, 0.6) is 0 Å². The highest BCUT2D eigenvalue weighted by atomic mass is 32.1. The summed E-state index contributed by atoms with van der Waals surface area (Å²) in [6.45, 7) is 4.93. The van der Waals surface area contributed by atoms with Gasteiger partial charge in [-0.1, -0.05) is 37.3 Å². The highest BCUT2D eigenvalue weighted by Crippen LogP contribution is 2.24. The molecule has 122 valence electrons. The first-order chi connectivity index (χ1) is 11.0. The van der Waals surface area contributed by atoms with Crippen molar-refractivity contribution in [2.45, 2.75) is 33.2 Å². The summed E-state index contributed by atoms with van der Waals surface area (Å²) in [6.07, 6.45) is 1.08. The SMILES string of the molecule is CCc1cc(C(=O)N(CCC(N)=O)Cc2ccccc2)sc1C. The number of nitrogens with two attached hydrogens (primary N) is 1. The number of rotatable bonds is 7. The normalized spacial score (nSPS) is 10.5. The minimum atomic E-state index is -0.396. The van der Waals surface area contributed by atoms with Crippen LogP contribution in [0.3, 0.4) is 0 Å². The first-order valence-corrected chi connectivity index (χ1v) is 8.53. The van der Waals surface area contributed by atoms with Crippen molar-refractivity contribution in [3.8, 4) is 0 Å². The maximum absolute atomic E-state index is 12.8. The van der Waals surface area contributed by atoms with E-state index in [1.807, 2.05) is 43.3 Å². The third-order valence-electron chi connectivity index (χ3n) is 3.74. The van der Waals surface area contributed by atoms with E-state index >= 15 is 0 Å². The van der Waals surface area contributed by atoms with Crippen LogP contribution in [0.25, 0.3) is 0 Å². The van der Waals surface area contributed by atoms with Gasteiger partial charge in [0.15, 0.2) is 0 Å². The number of amides is 2. The van der Waals surface area contributed by atoms with E-state index in [0.717, 1.165) is 16.9 Å². The number of nitrogens with zero attached hydrogens (tertiary/aromatic N) is 1. The average Bonchev–Trinajstić information content (AvgIpc) is 2.92. The monoisotopic (exact) mass is 330 g/mol. The summed E-state index contributed by atoms with van der Waals surface area (Å²) < 4.78 is 0. The van der Waals surface area contributed by atoms with E-state index in [0.29, 0.717) is 13.1 Å². The molecule has 1 aromatic carbocycles. The van der Waals surface area contributed by atoms with Crippen molar-refractivity contribution < 1.29 is 9.59 Å². The lowest BCUT2D eigenvalue weighted by molar-refractivity contribution is -0.118. The summed E-state index contributed by atoms with van der Waals surface area (Å²) in [6, 6.07) is 11.7. The van der Waals surface area contributed by atoms with Crippen molar-refractivity contribution in [2.75, 3.05) is 6.54 Å². The van der Waals surface area contributed by atoms with Gasteiger partial charge in [-0.15, -0.1) is 11.3 Å². The minimum absolute atomic E-state index is 0.0390. The zero-order valence-corrected chi connectivity index (χ0v) is 14.4. The lowest BCUT2D eigenvalue weighted by Crippen LogP contribution is -2.33. The van der Waals surface area contributed by atoms with E-state index in [1.54, 1.807) is 4.90 Å². The second kappa shape index (κ2) is 7.92. The molecule has 0 unspecified atom stereocenters. The molecule has 1 aromatic heterocycles. The molecule has 2 aromatic rings. The summed E-state index contributed by atoms with van der Waals surface area (Å²) in [4.78, 5) is 27.5. The molecule has 0 spiro atoms. The van der Waals surface area contributed by atoms with Crippen LogP contribution in [-0.4, -0.2) is 23.3 Å². The summed E-state index contributed by atoms with van der Waals surface area (Å²) in [5.74, 6) is -0.435. The number of benzene rings is 1. The Morgan fingerprint density at radius 1 is 1.22 bits per heavy atom. The molecular formula is C18H22N2O2S. The third-order valence-corrected chi connectivity index (χ3v) is 4.82. The number of thiophene rings is 1. The van der Waals surface area contributed by atoms with Gasteiger partial charge >= 0.3 is 0 Å². The van der Waals surface area contributed by atoms with Gasteiger partial charge < -0.3 is 10.6 Å². The van der Waals surface area contributed by atoms with Gasteiger partial charge in [0, 0.05) is 24.4 Å². The highest BCUT2D eigenvalue weighted by Gasteiger charge is 2.19. The number of hydrogen-bond donors (Lipinski definition) is 1. The Hall–Kier alpha value is -2.14.